The molecule has 0 unspecified atom stereocenters. The number of nitrogens with two attached hydrogens (primary N) is 1. The highest BCUT2D eigenvalue weighted by atomic mass is 32.1. The molecular formula is C11H8N2OS. The average molecular weight is 216 g/mol. The molecule has 0 radical (unpaired) electrons. The summed E-state index contributed by atoms with van der Waals surface area (Å²) in [5.74, 6) is 0.239. The SMILES string of the molecule is Nc1ccnc2cc3ccsc3c(O)c12. The number of nitrogens with zero attached hydrogens (tertiary/aromatic N) is 1. The maximum Gasteiger partial charge on any atom is 0.144 e. The van der Waals surface area contributed by atoms with Gasteiger partial charge in [-0.25, -0.2) is 0 Å². The Hall–Kier alpha value is -1.81. The first-order valence-electron chi connectivity index (χ1n) is 4.51. The number of thiophene rings is 1. The molecule has 3 aromatic rings. The number of aromatic hydroxyl groups is 1. The molecule has 0 aliphatic rings. The highest BCUT2D eigenvalue weighted by Crippen LogP contribution is 2.38. The van der Waals surface area contributed by atoms with Gasteiger partial charge in [0.15, 0.2) is 0 Å². The van der Waals surface area contributed by atoms with E-state index >= 15 is 0 Å². The van der Waals surface area contributed by atoms with Crippen molar-refractivity contribution in [3.63, 3.8) is 0 Å². The van der Waals surface area contributed by atoms with Gasteiger partial charge in [-0.2, -0.15) is 0 Å². The van der Waals surface area contributed by atoms with Crippen LogP contribution in [0, 0.1) is 0 Å². The fourth-order valence-electron chi connectivity index (χ4n) is 1.75. The highest BCUT2D eigenvalue weighted by Gasteiger charge is 2.10. The fraction of sp³-hybridized carbons (Fsp3) is 0. The third-order valence-electron chi connectivity index (χ3n) is 2.45. The molecule has 3 nitrogen and oxygen atoms in total. The predicted molar refractivity (Wildman–Crippen MR) is 63.2 cm³/mol. The maximum atomic E-state index is 10.1. The van der Waals surface area contributed by atoms with Crippen molar-refractivity contribution in [3.8, 4) is 5.75 Å². The molecule has 0 atom stereocenters. The van der Waals surface area contributed by atoms with Crippen LogP contribution >= 0.6 is 11.3 Å². The molecule has 3 N–H and O–H groups in total. The van der Waals surface area contributed by atoms with E-state index in [4.69, 9.17) is 5.73 Å². The molecule has 0 amide bonds. The Labute approximate surface area is 89.8 Å². The fourth-order valence-corrected chi connectivity index (χ4v) is 2.57. The van der Waals surface area contributed by atoms with E-state index in [-0.39, 0.29) is 5.75 Å². The van der Waals surface area contributed by atoms with Crippen LogP contribution in [0.1, 0.15) is 0 Å². The standard InChI is InChI=1S/C11H8N2OS/c12-7-1-3-13-8-5-6-2-4-15-11(6)10(14)9(7)8/h1-5,14H,(H2,12,13). The minimum absolute atomic E-state index is 0.239. The molecule has 0 saturated heterocycles. The van der Waals surface area contributed by atoms with Gasteiger partial charge < -0.3 is 10.8 Å². The second kappa shape index (κ2) is 2.84. The number of pyridine rings is 1. The van der Waals surface area contributed by atoms with Crippen molar-refractivity contribution < 1.29 is 5.11 Å². The molecule has 0 spiro atoms. The van der Waals surface area contributed by atoms with E-state index < -0.39 is 0 Å². The molecule has 2 aromatic heterocycles. The van der Waals surface area contributed by atoms with Gasteiger partial charge >= 0.3 is 0 Å². The third kappa shape index (κ3) is 1.08. The number of phenols is 1. The zero-order valence-electron chi connectivity index (χ0n) is 7.77. The zero-order chi connectivity index (χ0) is 10.4. The quantitative estimate of drug-likeness (QED) is 0.607. The molecule has 0 bridgehead atoms. The normalized spacial score (nSPS) is 11.2. The number of fused-ring (bicyclic) bond motifs is 2. The summed E-state index contributed by atoms with van der Waals surface area (Å²) in [7, 11) is 0. The number of hydrogen-bond acceptors (Lipinski definition) is 4. The first-order valence-corrected chi connectivity index (χ1v) is 5.38. The number of anilines is 1. The van der Waals surface area contributed by atoms with Gasteiger partial charge in [-0.1, -0.05) is 0 Å². The number of phenolic OH excluding ortho intramolecular Hbond substituents is 1. The van der Waals surface area contributed by atoms with Crippen LogP contribution < -0.4 is 5.73 Å². The van der Waals surface area contributed by atoms with Gasteiger partial charge in [-0.05, 0) is 29.0 Å². The lowest BCUT2D eigenvalue weighted by Crippen LogP contribution is -1.88. The lowest BCUT2D eigenvalue weighted by molar-refractivity contribution is 0.488. The summed E-state index contributed by atoms with van der Waals surface area (Å²) in [6, 6.07) is 5.60. The van der Waals surface area contributed by atoms with Crippen LogP contribution in [0.15, 0.2) is 29.8 Å². The Balaban J connectivity index is 2.64. The van der Waals surface area contributed by atoms with Crippen molar-refractivity contribution in [3.05, 3.63) is 29.8 Å². The predicted octanol–water partition coefficient (Wildman–Crippen LogP) is 2.74. The number of hydrogen-bond donors (Lipinski definition) is 2. The van der Waals surface area contributed by atoms with Crippen molar-refractivity contribution in [1.29, 1.82) is 0 Å². The van der Waals surface area contributed by atoms with Crippen molar-refractivity contribution in [2.24, 2.45) is 0 Å². The van der Waals surface area contributed by atoms with Gasteiger partial charge in [-0.3, -0.25) is 4.98 Å². The van der Waals surface area contributed by atoms with Crippen LogP contribution in [-0.2, 0) is 0 Å². The van der Waals surface area contributed by atoms with Gasteiger partial charge in [0, 0.05) is 11.9 Å². The van der Waals surface area contributed by atoms with Crippen LogP contribution in [0.25, 0.3) is 21.0 Å². The Morgan fingerprint density at radius 1 is 1.33 bits per heavy atom. The smallest absolute Gasteiger partial charge is 0.144 e. The molecule has 0 saturated carbocycles. The Morgan fingerprint density at radius 2 is 2.20 bits per heavy atom. The monoisotopic (exact) mass is 216 g/mol. The summed E-state index contributed by atoms with van der Waals surface area (Å²) in [5, 5.41) is 13.7. The summed E-state index contributed by atoms with van der Waals surface area (Å²) in [4.78, 5) is 4.20. The molecule has 2 heterocycles. The summed E-state index contributed by atoms with van der Waals surface area (Å²) in [6.45, 7) is 0. The summed E-state index contributed by atoms with van der Waals surface area (Å²) in [5.41, 5.74) is 7.12. The second-order valence-corrected chi connectivity index (χ2v) is 4.27. The number of aromatic nitrogens is 1. The molecule has 15 heavy (non-hydrogen) atoms. The molecule has 3 rings (SSSR count). The van der Waals surface area contributed by atoms with E-state index in [1.165, 1.54) is 11.3 Å². The second-order valence-electron chi connectivity index (χ2n) is 3.36. The van der Waals surface area contributed by atoms with E-state index in [0.717, 1.165) is 15.6 Å². The average Bonchev–Trinajstić information content (AvgIpc) is 2.66. The molecule has 0 aliphatic carbocycles. The highest BCUT2D eigenvalue weighted by molar-refractivity contribution is 7.17. The van der Waals surface area contributed by atoms with Gasteiger partial charge in [-0.15, -0.1) is 11.3 Å². The van der Waals surface area contributed by atoms with Gasteiger partial charge in [0.1, 0.15) is 5.75 Å². The lowest BCUT2D eigenvalue weighted by Gasteiger charge is -2.04. The minimum atomic E-state index is 0.239. The Morgan fingerprint density at radius 3 is 3.07 bits per heavy atom. The topological polar surface area (TPSA) is 59.1 Å². The number of benzene rings is 1. The summed E-state index contributed by atoms with van der Waals surface area (Å²) >= 11 is 1.50. The van der Waals surface area contributed by atoms with E-state index in [2.05, 4.69) is 4.98 Å². The number of nitrogen functional groups attached to an aromatic ring is 1. The Bertz CT molecular complexity index is 660. The van der Waals surface area contributed by atoms with Crippen LogP contribution in [0.5, 0.6) is 5.75 Å². The molecule has 0 aliphatic heterocycles. The van der Waals surface area contributed by atoms with E-state index in [1.54, 1.807) is 12.3 Å². The maximum absolute atomic E-state index is 10.1. The molecule has 0 fully saturated rings. The van der Waals surface area contributed by atoms with Crippen molar-refractivity contribution >= 4 is 38.0 Å². The van der Waals surface area contributed by atoms with Gasteiger partial charge in [0.05, 0.1) is 15.6 Å². The van der Waals surface area contributed by atoms with Crippen LogP contribution in [0.3, 0.4) is 0 Å². The summed E-state index contributed by atoms with van der Waals surface area (Å²) < 4.78 is 0.863. The Kier molecular flexibility index (Phi) is 1.61. The van der Waals surface area contributed by atoms with Crippen molar-refractivity contribution in [2.45, 2.75) is 0 Å². The van der Waals surface area contributed by atoms with Crippen LogP contribution in [0.2, 0.25) is 0 Å². The first-order chi connectivity index (χ1) is 7.27. The van der Waals surface area contributed by atoms with Gasteiger partial charge in [0.25, 0.3) is 0 Å². The minimum Gasteiger partial charge on any atom is -0.506 e. The van der Waals surface area contributed by atoms with E-state index in [1.807, 2.05) is 17.5 Å². The van der Waals surface area contributed by atoms with Crippen molar-refractivity contribution in [2.75, 3.05) is 5.73 Å². The largest absolute Gasteiger partial charge is 0.506 e. The first kappa shape index (κ1) is 8.49. The van der Waals surface area contributed by atoms with E-state index in [0.29, 0.717) is 11.1 Å². The van der Waals surface area contributed by atoms with Crippen LogP contribution in [0.4, 0.5) is 5.69 Å². The third-order valence-corrected chi connectivity index (χ3v) is 3.39. The molecule has 1 aromatic carbocycles. The number of rotatable bonds is 0. The lowest BCUT2D eigenvalue weighted by atomic mass is 10.1. The van der Waals surface area contributed by atoms with Crippen molar-refractivity contribution in [1.82, 2.24) is 4.98 Å². The zero-order valence-corrected chi connectivity index (χ0v) is 8.58. The van der Waals surface area contributed by atoms with Crippen LogP contribution in [-0.4, -0.2) is 10.1 Å². The molecule has 4 heteroatoms. The van der Waals surface area contributed by atoms with Gasteiger partial charge in [0.2, 0.25) is 0 Å². The van der Waals surface area contributed by atoms with E-state index in [9.17, 15) is 5.11 Å². The summed E-state index contributed by atoms with van der Waals surface area (Å²) in [6.07, 6.45) is 1.65. The molecule has 74 valence electrons. The molecular weight excluding hydrogens is 208 g/mol.